The fourth-order valence-electron chi connectivity index (χ4n) is 1.46. The van der Waals surface area contributed by atoms with Crippen LogP contribution in [0.15, 0.2) is 29.4 Å². The van der Waals surface area contributed by atoms with Crippen LogP contribution in [0.2, 0.25) is 10.0 Å². The number of aromatic amines is 1. The molecule has 0 radical (unpaired) electrons. The molecule has 0 aliphatic carbocycles. The number of nitrogens with two attached hydrogens (primary N) is 1. The van der Waals surface area contributed by atoms with Gasteiger partial charge in [0.2, 0.25) is 0 Å². The van der Waals surface area contributed by atoms with Gasteiger partial charge in [-0.15, -0.1) is 0 Å². The van der Waals surface area contributed by atoms with Crippen molar-refractivity contribution in [1.29, 1.82) is 0 Å². The summed E-state index contributed by atoms with van der Waals surface area (Å²) in [6.07, 6.45) is 1.36. The Bertz CT molecular complexity index is 699. The van der Waals surface area contributed by atoms with Crippen LogP contribution in [0, 0.1) is 0 Å². The van der Waals surface area contributed by atoms with Gasteiger partial charge in [-0.05, 0) is 12.1 Å². The second kappa shape index (κ2) is 5.38. The number of aromatic nitrogens is 2. The first-order valence-electron chi connectivity index (χ1n) is 5.15. The molecular formula is C10H10Cl2N4O2S. The van der Waals surface area contributed by atoms with Gasteiger partial charge >= 0.3 is 0 Å². The summed E-state index contributed by atoms with van der Waals surface area (Å²) in [5, 5.41) is 6.34. The minimum atomic E-state index is -3.84. The van der Waals surface area contributed by atoms with Gasteiger partial charge in [-0.25, -0.2) is 0 Å². The highest BCUT2D eigenvalue weighted by Crippen LogP contribution is 2.31. The van der Waals surface area contributed by atoms with Gasteiger partial charge in [-0.1, -0.05) is 29.3 Å². The fraction of sp³-hybridized carbons (Fsp3) is 0.100. The highest BCUT2D eigenvalue weighted by molar-refractivity contribution is 7.92. The Morgan fingerprint density at radius 2 is 2.11 bits per heavy atom. The Hall–Kier alpha value is -1.28. The van der Waals surface area contributed by atoms with E-state index in [-0.39, 0.29) is 27.3 Å². The van der Waals surface area contributed by atoms with Crippen LogP contribution < -0.4 is 10.5 Å². The predicted molar refractivity (Wildman–Crippen MR) is 73.7 cm³/mol. The molecule has 2 aromatic rings. The van der Waals surface area contributed by atoms with E-state index in [2.05, 4.69) is 14.9 Å². The summed E-state index contributed by atoms with van der Waals surface area (Å²) in [7, 11) is -3.84. The average molecular weight is 321 g/mol. The maximum absolute atomic E-state index is 12.2. The van der Waals surface area contributed by atoms with Crippen LogP contribution in [0.25, 0.3) is 0 Å². The molecule has 102 valence electrons. The Morgan fingerprint density at radius 1 is 1.37 bits per heavy atom. The van der Waals surface area contributed by atoms with Crippen LogP contribution in [-0.2, 0) is 16.6 Å². The standard InChI is InChI=1S/C10H10Cl2N4O2S/c11-7-2-1-3-8(9(7)12)16-19(17,18)10-6(4-13)5-14-15-10/h1-3,5,16H,4,13H2,(H,14,15). The van der Waals surface area contributed by atoms with E-state index in [4.69, 9.17) is 28.9 Å². The zero-order valence-corrected chi connectivity index (χ0v) is 11.9. The van der Waals surface area contributed by atoms with Crippen molar-refractivity contribution in [2.24, 2.45) is 5.73 Å². The number of rotatable bonds is 4. The molecule has 1 aromatic heterocycles. The van der Waals surface area contributed by atoms with Crippen molar-refractivity contribution in [3.05, 3.63) is 40.0 Å². The summed E-state index contributed by atoms with van der Waals surface area (Å²) in [5.41, 5.74) is 6.01. The third-order valence-corrected chi connectivity index (χ3v) is 4.56. The molecule has 6 nitrogen and oxygen atoms in total. The summed E-state index contributed by atoms with van der Waals surface area (Å²) in [4.78, 5) is 0. The fourth-order valence-corrected chi connectivity index (χ4v) is 3.08. The molecule has 0 saturated carbocycles. The Morgan fingerprint density at radius 3 is 2.79 bits per heavy atom. The molecule has 0 amide bonds. The van der Waals surface area contributed by atoms with Crippen LogP contribution >= 0.6 is 23.2 Å². The normalized spacial score (nSPS) is 11.5. The number of hydrogen-bond donors (Lipinski definition) is 3. The van der Waals surface area contributed by atoms with Crippen LogP contribution in [0.1, 0.15) is 5.56 Å². The smallest absolute Gasteiger partial charge is 0.279 e. The number of anilines is 1. The minimum Gasteiger partial charge on any atom is -0.326 e. The van der Waals surface area contributed by atoms with Crippen LogP contribution in [-0.4, -0.2) is 18.6 Å². The van der Waals surface area contributed by atoms with Crippen LogP contribution in [0.4, 0.5) is 5.69 Å². The van der Waals surface area contributed by atoms with Crippen LogP contribution in [0.3, 0.4) is 0 Å². The molecule has 0 saturated heterocycles. The summed E-state index contributed by atoms with van der Waals surface area (Å²) < 4.78 is 26.7. The quantitative estimate of drug-likeness (QED) is 0.801. The van der Waals surface area contributed by atoms with E-state index in [0.717, 1.165) is 0 Å². The van der Waals surface area contributed by atoms with Gasteiger partial charge in [-0.3, -0.25) is 9.82 Å². The highest BCUT2D eigenvalue weighted by Gasteiger charge is 2.21. The zero-order chi connectivity index (χ0) is 14.0. The molecule has 1 heterocycles. The summed E-state index contributed by atoms with van der Waals surface area (Å²) in [6.45, 7) is 0.0516. The topological polar surface area (TPSA) is 101 Å². The molecule has 0 spiro atoms. The molecule has 1 aromatic carbocycles. The molecule has 0 aliphatic rings. The third kappa shape index (κ3) is 2.84. The molecule has 2 rings (SSSR count). The number of hydrogen-bond acceptors (Lipinski definition) is 4. The molecule has 0 unspecified atom stereocenters. The number of H-pyrrole nitrogens is 1. The van der Waals surface area contributed by atoms with Gasteiger partial charge in [0.1, 0.15) is 0 Å². The number of benzene rings is 1. The molecule has 9 heteroatoms. The Labute approximate surface area is 120 Å². The molecular weight excluding hydrogens is 311 g/mol. The van der Waals surface area contributed by atoms with E-state index < -0.39 is 10.0 Å². The van der Waals surface area contributed by atoms with Gasteiger partial charge in [0.25, 0.3) is 10.0 Å². The number of nitrogens with one attached hydrogen (secondary N) is 2. The van der Waals surface area contributed by atoms with E-state index >= 15 is 0 Å². The van der Waals surface area contributed by atoms with Crippen LogP contribution in [0.5, 0.6) is 0 Å². The largest absolute Gasteiger partial charge is 0.326 e. The van der Waals surface area contributed by atoms with Crippen molar-refractivity contribution in [2.75, 3.05) is 4.72 Å². The first kappa shape index (κ1) is 14.1. The van der Waals surface area contributed by atoms with Crippen molar-refractivity contribution in [2.45, 2.75) is 11.6 Å². The lowest BCUT2D eigenvalue weighted by Crippen LogP contribution is -2.16. The Balaban J connectivity index is 2.40. The second-order valence-corrected chi connectivity index (χ2v) is 6.04. The van der Waals surface area contributed by atoms with Crippen molar-refractivity contribution in [3.8, 4) is 0 Å². The third-order valence-electron chi connectivity index (χ3n) is 2.36. The maximum atomic E-state index is 12.2. The lowest BCUT2D eigenvalue weighted by molar-refractivity contribution is 0.596. The van der Waals surface area contributed by atoms with Crippen molar-refractivity contribution in [1.82, 2.24) is 10.2 Å². The van der Waals surface area contributed by atoms with E-state index in [9.17, 15) is 8.42 Å². The summed E-state index contributed by atoms with van der Waals surface area (Å²) in [6, 6.07) is 4.65. The maximum Gasteiger partial charge on any atom is 0.279 e. The van der Waals surface area contributed by atoms with Gasteiger partial charge in [0.15, 0.2) is 5.03 Å². The summed E-state index contributed by atoms with van der Waals surface area (Å²) in [5.74, 6) is 0. The Kier molecular flexibility index (Phi) is 4.00. The van der Waals surface area contributed by atoms with E-state index in [1.54, 1.807) is 12.1 Å². The zero-order valence-electron chi connectivity index (χ0n) is 9.52. The molecule has 0 fully saturated rings. The first-order chi connectivity index (χ1) is 8.95. The lowest BCUT2D eigenvalue weighted by Gasteiger charge is -2.09. The summed E-state index contributed by atoms with van der Waals surface area (Å²) >= 11 is 11.7. The molecule has 0 bridgehead atoms. The van der Waals surface area contributed by atoms with E-state index in [1.807, 2.05) is 0 Å². The van der Waals surface area contributed by atoms with E-state index in [1.165, 1.54) is 12.3 Å². The number of nitrogens with zero attached hydrogens (tertiary/aromatic N) is 1. The molecule has 19 heavy (non-hydrogen) atoms. The molecule has 4 N–H and O–H groups in total. The predicted octanol–water partition coefficient (Wildman–Crippen LogP) is 1.98. The number of halogens is 2. The average Bonchev–Trinajstić information content (AvgIpc) is 2.84. The minimum absolute atomic E-state index is 0.0516. The van der Waals surface area contributed by atoms with Crippen molar-refractivity contribution in [3.63, 3.8) is 0 Å². The molecule has 0 atom stereocenters. The van der Waals surface area contributed by atoms with Gasteiger partial charge in [-0.2, -0.15) is 13.5 Å². The highest BCUT2D eigenvalue weighted by atomic mass is 35.5. The SMILES string of the molecule is NCc1cn[nH]c1S(=O)(=O)Nc1cccc(Cl)c1Cl. The number of sulfonamides is 1. The first-order valence-corrected chi connectivity index (χ1v) is 7.38. The van der Waals surface area contributed by atoms with Crippen molar-refractivity contribution >= 4 is 38.9 Å². The second-order valence-electron chi connectivity index (χ2n) is 3.64. The van der Waals surface area contributed by atoms with Gasteiger partial charge in [0, 0.05) is 12.1 Å². The van der Waals surface area contributed by atoms with Gasteiger partial charge in [0.05, 0.1) is 21.9 Å². The lowest BCUT2D eigenvalue weighted by atomic mass is 10.3. The van der Waals surface area contributed by atoms with E-state index in [0.29, 0.717) is 5.56 Å². The van der Waals surface area contributed by atoms with Crippen molar-refractivity contribution < 1.29 is 8.42 Å². The monoisotopic (exact) mass is 320 g/mol. The van der Waals surface area contributed by atoms with Gasteiger partial charge < -0.3 is 5.73 Å². The molecule has 0 aliphatic heterocycles.